The van der Waals surface area contributed by atoms with E-state index in [4.69, 9.17) is 4.74 Å². The first-order chi connectivity index (χ1) is 10.6. The Bertz CT molecular complexity index is 531. The molecule has 6 heteroatoms. The van der Waals surface area contributed by atoms with E-state index >= 15 is 0 Å². The monoisotopic (exact) mass is 305 g/mol. The van der Waals surface area contributed by atoms with Gasteiger partial charge in [0.1, 0.15) is 11.8 Å². The normalized spacial score (nSPS) is 17.8. The quantitative estimate of drug-likeness (QED) is 0.772. The minimum absolute atomic E-state index is 0.0703. The minimum atomic E-state index is -0.448. The number of urea groups is 1. The average Bonchev–Trinajstić information content (AvgIpc) is 2.48. The Hall–Kier alpha value is -2.24. The zero-order valence-electron chi connectivity index (χ0n) is 13.0. The van der Waals surface area contributed by atoms with Crippen molar-refractivity contribution < 1.29 is 14.3 Å². The van der Waals surface area contributed by atoms with Crippen LogP contribution in [-0.4, -0.2) is 30.6 Å². The third-order valence-corrected chi connectivity index (χ3v) is 3.37. The molecule has 2 rings (SSSR count). The second-order valence-electron chi connectivity index (χ2n) is 5.59. The number of rotatable bonds is 5. The maximum Gasteiger partial charge on any atom is 0.315 e. The summed E-state index contributed by atoms with van der Waals surface area (Å²) in [5, 5.41) is 8.21. The van der Waals surface area contributed by atoms with Gasteiger partial charge in [-0.1, -0.05) is 18.2 Å². The fraction of sp³-hybridized carbons (Fsp3) is 0.500. The van der Waals surface area contributed by atoms with Crippen LogP contribution in [0, 0.1) is 0 Å². The third kappa shape index (κ3) is 4.65. The van der Waals surface area contributed by atoms with Crippen LogP contribution in [0.25, 0.3) is 0 Å². The zero-order valence-corrected chi connectivity index (χ0v) is 13.0. The third-order valence-electron chi connectivity index (χ3n) is 3.37. The molecule has 120 valence electrons. The predicted octanol–water partition coefficient (Wildman–Crippen LogP) is 1.55. The SMILES string of the molecule is CC(C)Oc1ccccc1CNC(=O)NC1CCCNC1=O. The first-order valence-corrected chi connectivity index (χ1v) is 7.63. The van der Waals surface area contributed by atoms with Crippen molar-refractivity contribution in [1.29, 1.82) is 0 Å². The molecule has 1 aliphatic rings. The maximum absolute atomic E-state index is 11.9. The Kier molecular flexibility index (Phi) is 5.63. The topological polar surface area (TPSA) is 79.5 Å². The van der Waals surface area contributed by atoms with Crippen molar-refractivity contribution >= 4 is 11.9 Å². The summed E-state index contributed by atoms with van der Waals surface area (Å²) in [4.78, 5) is 23.5. The van der Waals surface area contributed by atoms with Gasteiger partial charge in [0.2, 0.25) is 5.91 Å². The van der Waals surface area contributed by atoms with E-state index in [1.165, 1.54) is 0 Å². The van der Waals surface area contributed by atoms with Gasteiger partial charge in [-0.2, -0.15) is 0 Å². The van der Waals surface area contributed by atoms with E-state index in [2.05, 4.69) is 16.0 Å². The highest BCUT2D eigenvalue weighted by atomic mass is 16.5. The number of carbonyl (C=O) groups is 2. The van der Waals surface area contributed by atoms with Crippen molar-refractivity contribution in [2.45, 2.75) is 45.4 Å². The highest BCUT2D eigenvalue weighted by molar-refractivity contribution is 5.87. The Morgan fingerprint density at radius 1 is 1.41 bits per heavy atom. The molecule has 22 heavy (non-hydrogen) atoms. The van der Waals surface area contributed by atoms with Gasteiger partial charge in [0.25, 0.3) is 0 Å². The van der Waals surface area contributed by atoms with E-state index in [9.17, 15) is 9.59 Å². The summed E-state index contributed by atoms with van der Waals surface area (Å²) < 4.78 is 5.71. The molecule has 1 aliphatic heterocycles. The number of para-hydroxylation sites is 1. The Morgan fingerprint density at radius 2 is 2.18 bits per heavy atom. The van der Waals surface area contributed by atoms with Gasteiger partial charge >= 0.3 is 6.03 Å². The summed E-state index contributed by atoms with van der Waals surface area (Å²) in [5.74, 6) is 0.637. The van der Waals surface area contributed by atoms with Gasteiger partial charge in [-0.05, 0) is 32.8 Å². The molecule has 3 N–H and O–H groups in total. The molecule has 0 saturated carbocycles. The molecule has 1 aromatic rings. The number of piperidine rings is 1. The van der Waals surface area contributed by atoms with Crippen LogP contribution in [0.15, 0.2) is 24.3 Å². The van der Waals surface area contributed by atoms with Gasteiger partial charge in [-0.15, -0.1) is 0 Å². The lowest BCUT2D eigenvalue weighted by molar-refractivity contribution is -0.124. The van der Waals surface area contributed by atoms with Gasteiger partial charge in [0, 0.05) is 18.7 Å². The number of ether oxygens (including phenoxy) is 1. The van der Waals surface area contributed by atoms with Gasteiger partial charge in [-0.3, -0.25) is 4.79 Å². The van der Waals surface area contributed by atoms with Crippen LogP contribution in [-0.2, 0) is 11.3 Å². The number of carbonyl (C=O) groups excluding carboxylic acids is 2. The smallest absolute Gasteiger partial charge is 0.315 e. The Labute approximate surface area is 130 Å². The van der Waals surface area contributed by atoms with Crippen molar-refractivity contribution in [2.24, 2.45) is 0 Å². The molecule has 0 aliphatic carbocycles. The van der Waals surface area contributed by atoms with E-state index in [0.29, 0.717) is 19.5 Å². The molecule has 1 unspecified atom stereocenters. The summed E-state index contributed by atoms with van der Waals surface area (Å²) in [6.07, 6.45) is 1.62. The van der Waals surface area contributed by atoms with E-state index in [-0.39, 0.29) is 18.0 Å². The molecule has 1 heterocycles. The van der Waals surface area contributed by atoms with Crippen LogP contribution in [0.4, 0.5) is 4.79 Å². The van der Waals surface area contributed by atoms with Crippen LogP contribution in [0.5, 0.6) is 5.75 Å². The molecule has 0 bridgehead atoms. The predicted molar refractivity (Wildman–Crippen MR) is 83.6 cm³/mol. The Morgan fingerprint density at radius 3 is 2.91 bits per heavy atom. The highest BCUT2D eigenvalue weighted by Crippen LogP contribution is 2.19. The fourth-order valence-corrected chi connectivity index (χ4v) is 2.31. The molecule has 0 aromatic heterocycles. The van der Waals surface area contributed by atoms with E-state index < -0.39 is 6.04 Å². The van der Waals surface area contributed by atoms with E-state index in [0.717, 1.165) is 17.7 Å². The van der Waals surface area contributed by atoms with Crippen molar-refractivity contribution in [2.75, 3.05) is 6.54 Å². The lowest BCUT2D eigenvalue weighted by atomic mass is 10.1. The Balaban J connectivity index is 1.87. The van der Waals surface area contributed by atoms with Crippen LogP contribution < -0.4 is 20.7 Å². The number of hydrogen-bond acceptors (Lipinski definition) is 3. The summed E-state index contributed by atoms with van der Waals surface area (Å²) >= 11 is 0. The lowest BCUT2D eigenvalue weighted by Crippen LogP contribution is -2.52. The number of hydrogen-bond donors (Lipinski definition) is 3. The number of benzene rings is 1. The molecule has 1 atom stereocenters. The molecular weight excluding hydrogens is 282 g/mol. The second kappa shape index (κ2) is 7.68. The molecule has 1 saturated heterocycles. The lowest BCUT2D eigenvalue weighted by Gasteiger charge is -2.23. The molecule has 0 radical (unpaired) electrons. The highest BCUT2D eigenvalue weighted by Gasteiger charge is 2.23. The average molecular weight is 305 g/mol. The summed E-state index contributed by atoms with van der Waals surface area (Å²) in [6, 6.07) is 6.79. The van der Waals surface area contributed by atoms with Gasteiger partial charge in [0.15, 0.2) is 0 Å². The standard InChI is InChI=1S/C16H23N3O3/c1-11(2)22-14-8-4-3-6-12(14)10-18-16(21)19-13-7-5-9-17-15(13)20/h3-4,6,8,11,13H,5,7,9-10H2,1-2H3,(H,17,20)(H2,18,19,21). The molecule has 1 fully saturated rings. The fourth-order valence-electron chi connectivity index (χ4n) is 2.31. The largest absolute Gasteiger partial charge is 0.491 e. The zero-order chi connectivity index (χ0) is 15.9. The summed E-state index contributed by atoms with van der Waals surface area (Å²) in [6.45, 7) is 4.94. The van der Waals surface area contributed by atoms with Crippen molar-refractivity contribution in [3.05, 3.63) is 29.8 Å². The number of amides is 3. The molecule has 3 amide bonds. The first kappa shape index (κ1) is 16.1. The molecule has 0 spiro atoms. The van der Waals surface area contributed by atoms with Crippen LogP contribution in [0.2, 0.25) is 0 Å². The first-order valence-electron chi connectivity index (χ1n) is 7.63. The van der Waals surface area contributed by atoms with Crippen molar-refractivity contribution in [1.82, 2.24) is 16.0 Å². The summed E-state index contributed by atoms with van der Waals surface area (Å²) in [7, 11) is 0. The van der Waals surface area contributed by atoms with Crippen LogP contribution in [0.3, 0.4) is 0 Å². The second-order valence-corrected chi connectivity index (χ2v) is 5.59. The van der Waals surface area contributed by atoms with Gasteiger partial charge in [-0.25, -0.2) is 4.79 Å². The maximum atomic E-state index is 11.9. The van der Waals surface area contributed by atoms with Crippen LogP contribution in [0.1, 0.15) is 32.3 Å². The van der Waals surface area contributed by atoms with Crippen molar-refractivity contribution in [3.63, 3.8) is 0 Å². The van der Waals surface area contributed by atoms with Gasteiger partial charge < -0.3 is 20.7 Å². The molecule has 6 nitrogen and oxygen atoms in total. The van der Waals surface area contributed by atoms with Gasteiger partial charge in [0.05, 0.1) is 6.10 Å². The molecule has 1 aromatic carbocycles. The minimum Gasteiger partial charge on any atom is -0.491 e. The number of nitrogens with one attached hydrogen (secondary N) is 3. The van der Waals surface area contributed by atoms with Crippen molar-refractivity contribution in [3.8, 4) is 5.75 Å². The van der Waals surface area contributed by atoms with Crippen LogP contribution >= 0.6 is 0 Å². The van der Waals surface area contributed by atoms with E-state index in [1.807, 2.05) is 38.1 Å². The summed E-state index contributed by atoms with van der Waals surface area (Å²) in [5.41, 5.74) is 0.902. The molecular formula is C16H23N3O3. The van der Waals surface area contributed by atoms with E-state index in [1.54, 1.807) is 0 Å².